The Bertz CT molecular complexity index is 5350. The molecule has 14 rings (SSSR count). The first-order valence-electron chi connectivity index (χ1n) is 36.1. The number of fused-ring (bicyclic) bond motifs is 4. The van der Waals surface area contributed by atoms with Crippen LogP contribution >= 0.6 is 24.0 Å². The molecule has 0 saturated carbocycles. The summed E-state index contributed by atoms with van der Waals surface area (Å²) < 4.78 is 92.8. The second-order valence-electron chi connectivity index (χ2n) is 28.0. The van der Waals surface area contributed by atoms with Gasteiger partial charge in [-0.05, 0) is 181 Å². The lowest BCUT2D eigenvalue weighted by atomic mass is 9.76. The summed E-state index contributed by atoms with van der Waals surface area (Å²) in [4.78, 5) is 124. The summed E-state index contributed by atoms with van der Waals surface area (Å²) in [6, 6.07) is 13.1. The molecule has 4 atom stereocenters. The van der Waals surface area contributed by atoms with Gasteiger partial charge in [0.25, 0.3) is 47.3 Å². The molecule has 0 spiro atoms. The lowest BCUT2D eigenvalue weighted by molar-refractivity contribution is -0.138. The third kappa shape index (κ3) is 10.9. The predicted molar refractivity (Wildman–Crippen MR) is 397 cm³/mol. The first-order valence-corrected chi connectivity index (χ1v) is 37.3. The number of alkyl halides is 6. The smallest absolute Gasteiger partial charge is 0.271 e. The van der Waals surface area contributed by atoms with Crippen LogP contribution in [0, 0.1) is 24.5 Å². The average molecular weight is 1450 g/mol. The monoisotopic (exact) mass is 1450 g/mol. The van der Waals surface area contributed by atoms with Crippen LogP contribution in [0.4, 0.5) is 32.0 Å². The van der Waals surface area contributed by atoms with Gasteiger partial charge in [0.2, 0.25) is 0 Å². The van der Waals surface area contributed by atoms with Crippen molar-refractivity contribution in [3.05, 3.63) is 127 Å². The van der Waals surface area contributed by atoms with Gasteiger partial charge in [-0.3, -0.25) is 58.0 Å². The summed E-state index contributed by atoms with van der Waals surface area (Å²) in [7, 11) is 0. The Balaban J connectivity index is 0.000000185. The topological polar surface area (TPSA) is 186 Å². The van der Waals surface area contributed by atoms with Gasteiger partial charge in [-0.1, -0.05) is 119 Å². The number of carbonyl (C=O) groups is 8. The first kappa shape index (κ1) is 72.9. The van der Waals surface area contributed by atoms with Crippen molar-refractivity contribution < 1.29 is 64.7 Å². The van der Waals surface area contributed by atoms with Crippen molar-refractivity contribution in [2.45, 2.75) is 213 Å². The van der Waals surface area contributed by atoms with Crippen LogP contribution < -0.4 is 0 Å². The van der Waals surface area contributed by atoms with E-state index in [0.29, 0.717) is 163 Å². The lowest BCUT2D eigenvalue weighted by Crippen LogP contribution is -2.47. The maximum atomic E-state index is 15.5. The Morgan fingerprint density at radius 3 is 1.03 bits per heavy atom. The number of unbranched alkanes of at least 4 members (excludes halogenated alkanes) is 4. The molecule has 0 N–H and O–H groups in total. The minimum Gasteiger partial charge on any atom is -0.271 e. The van der Waals surface area contributed by atoms with Crippen molar-refractivity contribution in [3.63, 3.8) is 0 Å². The number of nitrogens with zero attached hydrogens (tertiary/aromatic N) is 6. The van der Waals surface area contributed by atoms with Gasteiger partial charge in [0.1, 0.15) is 5.40 Å². The van der Waals surface area contributed by atoms with Crippen LogP contribution in [0.15, 0.2) is 70.6 Å². The average Bonchev–Trinajstić information content (AvgIpc) is 0.669. The standard InChI is InChI=1S/C42H40F6N2O4.C40H36N4O4S2/c1-7-11-13-21(9-3)49-37(51)23-15-19(5)29-30-20(6)16-24-32-26(40(54)50(38(24)52)22(10-4)14-12-8-2)18-28(42(46,47)48)34(36(30)32)33-27(41(43,44)45)17-25(39(49)53)31(23)35(29)33;1-5-9-11-21(7-3)43-37(45)25-16-14-24-34-30(50-19-41)18-28-32-26(38(46)44(40(28)48)22(8-4)12-10-6-2)15-13-23(36(32)34)33-29(42-20-49)17-27(39(43)47)31(25)35(24)33/h15-18,21-22H,7-14H2,1-6H3;13-18,21-22H,5-12H2,1-4H3. The Kier molecular flexibility index (Phi) is 19.3. The number of hydrogen-bond acceptors (Lipinski definition) is 12. The van der Waals surface area contributed by atoms with Crippen molar-refractivity contribution in [2.24, 2.45) is 4.99 Å². The number of halogens is 6. The summed E-state index contributed by atoms with van der Waals surface area (Å²) in [6.07, 6.45) is 0.276. The number of carbonyl (C=O) groups excluding carboxylic acids is 8. The second kappa shape index (κ2) is 27.6. The third-order valence-electron chi connectivity index (χ3n) is 22.2. The maximum absolute atomic E-state index is 15.5. The number of thiocyanates is 1. The van der Waals surface area contributed by atoms with E-state index < -0.39 is 81.1 Å². The number of thiocarbonyl (C=S) groups is 1. The zero-order valence-corrected chi connectivity index (χ0v) is 61.1. The molecular weight excluding hydrogens is 1380 g/mol. The SMILES string of the molecule is CCCCC(CC)N1C(=O)c2cc(C)c3c4c(C)cc5c6c(cc(C(F)(F)F)c(c7c(C(F)(F)F)cc(c2c37)C1=O)c64)C(=O)N(C(CC)CCCC)C5=O.CCCCC(CC)N1C(=O)c2ccc3c4c(SC#N)cc5c6c(ccc(c7c(N=C=S)cc(c2c37)C1=O)c64)C(=O)N(C(CC)CCCC)C5=O. The van der Waals surface area contributed by atoms with Gasteiger partial charge < -0.3 is 0 Å². The molecule has 0 aliphatic carbocycles. The van der Waals surface area contributed by atoms with Crippen LogP contribution in [0.25, 0.3) is 86.2 Å². The van der Waals surface area contributed by atoms with Gasteiger partial charge in [-0.2, -0.15) is 36.6 Å². The fraction of sp³-hybridized carbons (Fsp3) is 0.390. The van der Waals surface area contributed by atoms with Gasteiger partial charge >= 0.3 is 12.4 Å². The van der Waals surface area contributed by atoms with Crippen molar-refractivity contribution in [1.29, 1.82) is 5.26 Å². The summed E-state index contributed by atoms with van der Waals surface area (Å²) in [5.74, 6) is -4.71. The molecular formula is C82H76F6N6O8S2. The van der Waals surface area contributed by atoms with E-state index in [2.05, 4.69) is 29.4 Å². The highest BCUT2D eigenvalue weighted by molar-refractivity contribution is 8.04. The van der Waals surface area contributed by atoms with Gasteiger partial charge in [0.15, 0.2) is 0 Å². The molecule has 4 aliphatic rings. The summed E-state index contributed by atoms with van der Waals surface area (Å²) >= 11 is 6.06. The molecule has 10 aromatic rings. The first-order chi connectivity index (χ1) is 49.7. The van der Waals surface area contributed by atoms with E-state index >= 15 is 26.3 Å². The van der Waals surface area contributed by atoms with E-state index in [9.17, 15) is 43.6 Å². The van der Waals surface area contributed by atoms with Crippen LogP contribution in [0.1, 0.15) is 263 Å². The van der Waals surface area contributed by atoms with Crippen molar-refractivity contribution in [3.8, 4) is 5.40 Å². The minimum atomic E-state index is -5.26. The molecule has 0 bridgehead atoms. The zero-order chi connectivity index (χ0) is 74.8. The number of thioether (sulfide) groups is 1. The van der Waals surface area contributed by atoms with E-state index in [1.165, 1.54) is 21.9 Å². The fourth-order valence-electron chi connectivity index (χ4n) is 17.4. The van der Waals surface area contributed by atoms with E-state index in [1.54, 1.807) is 52.0 Å². The Morgan fingerprint density at radius 2 is 0.702 bits per heavy atom. The molecule has 4 heterocycles. The third-order valence-corrected chi connectivity index (χ3v) is 22.9. The van der Waals surface area contributed by atoms with Crippen molar-refractivity contribution in [1.82, 2.24) is 19.6 Å². The molecule has 104 heavy (non-hydrogen) atoms. The predicted octanol–water partition coefficient (Wildman–Crippen LogP) is 21.7. The Hall–Kier alpha value is -9.42. The molecule has 0 radical (unpaired) electrons. The van der Waals surface area contributed by atoms with Crippen LogP contribution in [-0.4, -0.2) is 96.2 Å². The van der Waals surface area contributed by atoms with E-state index in [4.69, 9.17) is 12.2 Å². The number of amides is 8. The highest BCUT2D eigenvalue weighted by Gasteiger charge is 2.48. The number of aliphatic imine (C=N–C) groups is 1. The fourth-order valence-corrected chi connectivity index (χ4v) is 18.1. The van der Waals surface area contributed by atoms with Crippen LogP contribution in [0.3, 0.4) is 0 Å². The van der Waals surface area contributed by atoms with Crippen LogP contribution in [0.5, 0.6) is 0 Å². The Morgan fingerprint density at radius 1 is 0.394 bits per heavy atom. The van der Waals surface area contributed by atoms with Crippen molar-refractivity contribution in [2.75, 3.05) is 0 Å². The molecule has 22 heteroatoms. The van der Waals surface area contributed by atoms with Crippen LogP contribution in [-0.2, 0) is 12.4 Å². The molecule has 4 aliphatic heterocycles. The van der Waals surface area contributed by atoms with Gasteiger partial charge in [-0.25, -0.2) is 0 Å². The Labute approximate surface area is 605 Å². The number of aryl methyl sites for hydroxylation is 2. The van der Waals surface area contributed by atoms with Gasteiger partial charge in [-0.15, -0.1) is 0 Å². The molecule has 8 amide bonds. The number of hydrogen-bond donors (Lipinski definition) is 0. The van der Waals surface area contributed by atoms with Crippen molar-refractivity contribution >= 4 is 168 Å². The van der Waals surface area contributed by atoms with Gasteiger partial charge in [0.05, 0.1) is 27.5 Å². The number of benzene rings is 10. The number of rotatable bonds is 22. The highest BCUT2D eigenvalue weighted by Crippen LogP contribution is 2.57. The van der Waals surface area contributed by atoms with E-state index in [-0.39, 0.29) is 79.2 Å². The molecule has 0 fully saturated rings. The number of isothiocyanates is 1. The number of nitriles is 1. The van der Waals surface area contributed by atoms with Crippen LogP contribution in [0.2, 0.25) is 0 Å². The molecule has 0 saturated heterocycles. The molecule has 536 valence electrons. The van der Waals surface area contributed by atoms with Gasteiger partial charge in [0, 0.05) is 122 Å². The minimum absolute atomic E-state index is 0.0651. The highest BCUT2D eigenvalue weighted by atomic mass is 32.2. The normalized spacial score (nSPS) is 15.9. The summed E-state index contributed by atoms with van der Waals surface area (Å²) in [6.45, 7) is 18.7. The number of imide groups is 4. The zero-order valence-electron chi connectivity index (χ0n) is 59.4. The second-order valence-corrected chi connectivity index (χ2v) is 29.0. The molecule has 4 unspecified atom stereocenters. The largest absolute Gasteiger partial charge is 0.417 e. The molecule has 10 aromatic carbocycles. The molecule has 14 nitrogen and oxygen atoms in total. The molecule has 0 aromatic heterocycles. The summed E-state index contributed by atoms with van der Waals surface area (Å²) in [5, 5.41) is 17.6. The summed E-state index contributed by atoms with van der Waals surface area (Å²) in [5.41, 5.74) is -1.29. The maximum Gasteiger partial charge on any atom is 0.417 e. The quantitative estimate of drug-likeness (QED) is 0.00919. The van der Waals surface area contributed by atoms with E-state index in [1.807, 2.05) is 39.8 Å². The lowest BCUT2D eigenvalue weighted by Gasteiger charge is -2.36. The van der Waals surface area contributed by atoms with E-state index in [0.717, 1.165) is 60.1 Å².